The average Bonchev–Trinajstić information content (AvgIpc) is 2.64. The van der Waals surface area contributed by atoms with Crippen LogP contribution >= 0.6 is 0 Å². The maximum absolute atomic E-state index is 13.2. The van der Waals surface area contributed by atoms with Crippen molar-refractivity contribution in [2.24, 2.45) is 5.92 Å². The van der Waals surface area contributed by atoms with Crippen LogP contribution in [-0.2, 0) is 14.6 Å². The number of hydrogen-bond donors (Lipinski definition) is 1. The summed E-state index contributed by atoms with van der Waals surface area (Å²) in [6, 6.07) is 13.5. The third-order valence-electron chi connectivity index (χ3n) is 4.51. The second-order valence-electron chi connectivity index (χ2n) is 6.16. The van der Waals surface area contributed by atoms with Crippen LogP contribution in [0.3, 0.4) is 0 Å². The van der Waals surface area contributed by atoms with E-state index in [1.165, 1.54) is 12.1 Å². The quantitative estimate of drug-likeness (QED) is 0.710. The normalized spacial score (nSPS) is 12.8. The maximum atomic E-state index is 13.2. The highest BCUT2D eigenvalue weighted by Crippen LogP contribution is 2.28. The molecule has 0 bridgehead atoms. The summed E-state index contributed by atoms with van der Waals surface area (Å²) in [6.45, 7) is 3.83. The molecule has 0 spiro atoms. The van der Waals surface area contributed by atoms with Gasteiger partial charge in [-0.25, -0.2) is 12.8 Å². The molecular weight excluding hydrogens is 353 g/mol. The Balaban J connectivity index is 2.33. The first kappa shape index (κ1) is 20.1. The largest absolute Gasteiger partial charge is 0.354 e. The van der Waals surface area contributed by atoms with Gasteiger partial charge in [0.15, 0.2) is 9.84 Å². The summed E-state index contributed by atoms with van der Waals surface area (Å²) in [5.41, 5.74) is 0.585. The van der Waals surface area contributed by atoms with Crippen molar-refractivity contribution in [2.45, 2.75) is 36.8 Å². The van der Waals surface area contributed by atoms with Gasteiger partial charge >= 0.3 is 0 Å². The molecule has 26 heavy (non-hydrogen) atoms. The topological polar surface area (TPSA) is 63.2 Å². The van der Waals surface area contributed by atoms with Gasteiger partial charge in [-0.1, -0.05) is 44.2 Å². The molecule has 0 aliphatic rings. The third-order valence-corrected chi connectivity index (χ3v) is 6.62. The first-order valence-electron chi connectivity index (χ1n) is 8.72. The molecule has 0 aromatic heterocycles. The van der Waals surface area contributed by atoms with Crippen molar-refractivity contribution in [1.29, 1.82) is 0 Å². The molecule has 1 atom stereocenters. The fourth-order valence-electron chi connectivity index (χ4n) is 2.86. The minimum Gasteiger partial charge on any atom is -0.354 e. The van der Waals surface area contributed by atoms with Crippen molar-refractivity contribution in [3.8, 4) is 0 Å². The van der Waals surface area contributed by atoms with Crippen molar-refractivity contribution >= 4 is 15.7 Å². The second kappa shape index (κ2) is 8.94. The van der Waals surface area contributed by atoms with Gasteiger partial charge in [0.05, 0.1) is 4.90 Å². The summed E-state index contributed by atoms with van der Waals surface area (Å²) in [4.78, 5) is 12.3. The maximum Gasteiger partial charge on any atom is 0.223 e. The lowest BCUT2D eigenvalue weighted by Gasteiger charge is -2.20. The summed E-state index contributed by atoms with van der Waals surface area (Å²) in [6.07, 6.45) is 1.39. The van der Waals surface area contributed by atoms with Gasteiger partial charge in [-0.15, -0.1) is 0 Å². The zero-order valence-electron chi connectivity index (χ0n) is 15.0. The number of sulfone groups is 1. The smallest absolute Gasteiger partial charge is 0.223 e. The number of amides is 1. The Bertz CT molecular complexity index is 816. The van der Waals surface area contributed by atoms with Crippen LogP contribution in [-0.4, -0.2) is 20.9 Å². The van der Waals surface area contributed by atoms with Crippen molar-refractivity contribution in [2.75, 3.05) is 6.54 Å². The van der Waals surface area contributed by atoms with Crippen molar-refractivity contribution in [3.63, 3.8) is 0 Å². The van der Waals surface area contributed by atoms with E-state index in [2.05, 4.69) is 5.32 Å². The lowest BCUT2D eigenvalue weighted by Crippen LogP contribution is -2.35. The Kier molecular flexibility index (Phi) is 6.91. The fourth-order valence-corrected chi connectivity index (χ4v) is 4.52. The van der Waals surface area contributed by atoms with Gasteiger partial charge in [-0.2, -0.15) is 0 Å². The number of carbonyl (C=O) groups is 1. The highest BCUT2D eigenvalue weighted by atomic mass is 32.2. The molecule has 0 aliphatic heterocycles. The molecule has 0 heterocycles. The number of rotatable bonds is 8. The second-order valence-corrected chi connectivity index (χ2v) is 8.29. The molecular formula is C20H24FNO3S. The summed E-state index contributed by atoms with van der Waals surface area (Å²) in [7, 11) is -3.79. The number of benzene rings is 2. The van der Waals surface area contributed by atoms with Gasteiger partial charge in [0.1, 0.15) is 11.1 Å². The Hall–Kier alpha value is -2.21. The number of carbonyl (C=O) groups excluding carboxylic acids is 1. The highest BCUT2D eigenvalue weighted by molar-refractivity contribution is 7.91. The Labute approximate surface area is 154 Å². The van der Waals surface area contributed by atoms with Gasteiger partial charge in [-0.3, -0.25) is 4.79 Å². The number of hydrogen-bond acceptors (Lipinski definition) is 3. The fraction of sp³-hybridized carbons (Fsp3) is 0.350. The molecule has 0 saturated heterocycles. The Morgan fingerprint density at radius 3 is 2.12 bits per heavy atom. The lowest BCUT2D eigenvalue weighted by atomic mass is 10.0. The predicted octanol–water partition coefficient (Wildman–Crippen LogP) is 3.89. The van der Waals surface area contributed by atoms with Crippen LogP contribution in [0.2, 0.25) is 0 Å². The van der Waals surface area contributed by atoms with Crippen molar-refractivity contribution in [1.82, 2.24) is 5.32 Å². The van der Waals surface area contributed by atoms with E-state index < -0.39 is 20.9 Å². The summed E-state index contributed by atoms with van der Waals surface area (Å²) >= 11 is 0. The minimum atomic E-state index is -3.79. The first-order chi connectivity index (χ1) is 12.4. The first-order valence-corrected chi connectivity index (χ1v) is 10.3. The van der Waals surface area contributed by atoms with Crippen LogP contribution < -0.4 is 5.32 Å². The molecule has 4 nitrogen and oxygen atoms in total. The van der Waals surface area contributed by atoms with Crippen molar-refractivity contribution < 1.29 is 17.6 Å². The van der Waals surface area contributed by atoms with Gasteiger partial charge in [0.2, 0.25) is 5.91 Å². The zero-order chi connectivity index (χ0) is 19.2. The standard InChI is InChI=1S/C20H24FNO3S/c1-3-15(4-2)20(23)22-14-19(16-8-6-5-7-9-16)26(24,25)18-12-10-17(21)11-13-18/h5-13,15,19H,3-4,14H2,1-2H3,(H,22,23). The van der Waals surface area contributed by atoms with E-state index in [0.717, 1.165) is 12.1 Å². The molecule has 0 fully saturated rings. The molecule has 0 radical (unpaired) electrons. The number of nitrogens with one attached hydrogen (secondary N) is 1. The molecule has 140 valence electrons. The average molecular weight is 377 g/mol. The predicted molar refractivity (Wildman–Crippen MR) is 99.9 cm³/mol. The lowest BCUT2D eigenvalue weighted by molar-refractivity contribution is -0.125. The van der Waals surface area contributed by atoms with Crippen LogP contribution in [0.5, 0.6) is 0 Å². The van der Waals surface area contributed by atoms with Gasteiger partial charge in [0, 0.05) is 12.5 Å². The van der Waals surface area contributed by atoms with E-state index in [1.807, 2.05) is 13.8 Å². The molecule has 2 aromatic carbocycles. The molecule has 2 rings (SSSR count). The summed E-state index contributed by atoms with van der Waals surface area (Å²) in [5.74, 6) is -0.785. The van der Waals surface area contributed by atoms with Gasteiger partial charge in [-0.05, 0) is 42.7 Å². The van der Waals surface area contributed by atoms with Crippen molar-refractivity contribution in [3.05, 3.63) is 66.0 Å². The number of halogens is 1. The zero-order valence-corrected chi connectivity index (χ0v) is 15.8. The van der Waals surface area contributed by atoms with E-state index in [1.54, 1.807) is 30.3 Å². The van der Waals surface area contributed by atoms with Crippen LogP contribution in [0, 0.1) is 11.7 Å². The Morgan fingerprint density at radius 1 is 1.00 bits per heavy atom. The van der Waals surface area contributed by atoms with E-state index in [-0.39, 0.29) is 23.3 Å². The van der Waals surface area contributed by atoms with E-state index in [0.29, 0.717) is 18.4 Å². The SMILES string of the molecule is CCC(CC)C(=O)NCC(c1ccccc1)S(=O)(=O)c1ccc(F)cc1. The Morgan fingerprint density at radius 2 is 1.58 bits per heavy atom. The van der Waals surface area contributed by atoms with Gasteiger partial charge in [0.25, 0.3) is 0 Å². The van der Waals surface area contributed by atoms with Gasteiger partial charge < -0.3 is 5.32 Å². The molecule has 0 aliphatic carbocycles. The monoisotopic (exact) mass is 377 g/mol. The molecule has 1 unspecified atom stereocenters. The summed E-state index contributed by atoms with van der Waals surface area (Å²) < 4.78 is 39.4. The van der Waals surface area contributed by atoms with E-state index in [4.69, 9.17) is 0 Å². The van der Waals surface area contributed by atoms with Crippen LogP contribution in [0.1, 0.15) is 37.5 Å². The molecule has 0 saturated carbocycles. The summed E-state index contributed by atoms with van der Waals surface area (Å²) in [5, 5.41) is 1.84. The van der Waals surface area contributed by atoms with Crippen LogP contribution in [0.25, 0.3) is 0 Å². The molecule has 2 aromatic rings. The third kappa shape index (κ3) is 4.69. The van der Waals surface area contributed by atoms with E-state index in [9.17, 15) is 17.6 Å². The van der Waals surface area contributed by atoms with Crippen LogP contribution in [0.15, 0.2) is 59.5 Å². The highest BCUT2D eigenvalue weighted by Gasteiger charge is 2.30. The van der Waals surface area contributed by atoms with Crippen LogP contribution in [0.4, 0.5) is 4.39 Å². The minimum absolute atomic E-state index is 0.0287. The molecule has 6 heteroatoms. The molecule has 1 amide bonds. The van der Waals surface area contributed by atoms with E-state index >= 15 is 0 Å². The molecule has 1 N–H and O–H groups in total.